The fourth-order valence-corrected chi connectivity index (χ4v) is 9.75. The molecule has 1 fully saturated rings. The molecule has 0 N–H and O–H groups in total. The molecule has 8 nitrogen and oxygen atoms in total. The van der Waals surface area contributed by atoms with E-state index in [0.717, 1.165) is 10.4 Å². The lowest BCUT2D eigenvalue weighted by atomic mass is 9.88. The Morgan fingerprint density at radius 1 is 0.816 bits per heavy atom. The van der Waals surface area contributed by atoms with Crippen LogP contribution in [0, 0.1) is 5.92 Å². The topological polar surface area (TPSA) is 97.4 Å². The molecule has 1 aliphatic rings. The third kappa shape index (κ3) is 6.17. The van der Waals surface area contributed by atoms with Gasteiger partial charge >= 0.3 is 17.9 Å². The van der Waals surface area contributed by atoms with Crippen molar-refractivity contribution in [2.45, 2.75) is 71.5 Å². The Balaban J connectivity index is 2.12. The fourth-order valence-electron chi connectivity index (χ4n) is 5.13. The van der Waals surface area contributed by atoms with Gasteiger partial charge in [-0.3, -0.25) is 14.4 Å². The molecule has 3 rings (SSSR count). The summed E-state index contributed by atoms with van der Waals surface area (Å²) in [6.07, 6.45) is -2.08. The highest BCUT2D eigenvalue weighted by Crippen LogP contribution is 2.43. The molecule has 9 heteroatoms. The van der Waals surface area contributed by atoms with Crippen molar-refractivity contribution in [1.29, 1.82) is 0 Å². The van der Waals surface area contributed by atoms with E-state index in [-0.39, 0.29) is 18.3 Å². The zero-order valence-corrected chi connectivity index (χ0v) is 24.2. The molecule has 0 amide bonds. The molecule has 0 bridgehead atoms. The van der Waals surface area contributed by atoms with Gasteiger partial charge in [0.25, 0.3) is 8.32 Å². The molecule has 206 valence electrons. The maximum absolute atomic E-state index is 11.9. The molecule has 2 aromatic carbocycles. The number of carbonyl (C=O) groups excluding carboxylic acids is 3. The quantitative estimate of drug-likeness (QED) is 0.270. The minimum absolute atomic E-state index is 0.00422. The van der Waals surface area contributed by atoms with Gasteiger partial charge in [-0.1, -0.05) is 88.4 Å². The van der Waals surface area contributed by atoms with E-state index in [1.54, 1.807) is 0 Å². The van der Waals surface area contributed by atoms with Crippen LogP contribution < -0.4 is 10.4 Å². The second kappa shape index (κ2) is 11.8. The van der Waals surface area contributed by atoms with Crippen LogP contribution in [0.5, 0.6) is 0 Å². The number of hydrogen-bond acceptors (Lipinski definition) is 8. The van der Waals surface area contributed by atoms with Crippen LogP contribution in [0.4, 0.5) is 0 Å². The number of esters is 3. The van der Waals surface area contributed by atoms with Crippen LogP contribution in [0.1, 0.15) is 48.5 Å². The van der Waals surface area contributed by atoms with E-state index in [0.29, 0.717) is 0 Å². The zero-order valence-electron chi connectivity index (χ0n) is 23.2. The van der Waals surface area contributed by atoms with Gasteiger partial charge in [0.2, 0.25) is 6.29 Å². The van der Waals surface area contributed by atoms with Crippen LogP contribution in [0.2, 0.25) is 5.04 Å². The normalized spacial score (nSPS) is 23.5. The highest BCUT2D eigenvalue weighted by molar-refractivity contribution is 6.99. The molecule has 1 unspecified atom stereocenters. The van der Waals surface area contributed by atoms with Crippen molar-refractivity contribution in [2.24, 2.45) is 5.92 Å². The first kappa shape index (κ1) is 29.5. The van der Waals surface area contributed by atoms with Gasteiger partial charge < -0.3 is 23.4 Å². The maximum Gasteiger partial charge on any atom is 0.305 e. The van der Waals surface area contributed by atoms with Gasteiger partial charge in [0.1, 0.15) is 12.2 Å². The lowest BCUT2D eigenvalue weighted by molar-refractivity contribution is -0.215. The second-order valence-corrected chi connectivity index (χ2v) is 15.1. The Morgan fingerprint density at radius 2 is 1.32 bits per heavy atom. The average Bonchev–Trinajstić information content (AvgIpc) is 3.08. The summed E-state index contributed by atoms with van der Waals surface area (Å²) in [5.41, 5.74) is -1.25. The van der Waals surface area contributed by atoms with Gasteiger partial charge in [-0.2, -0.15) is 0 Å². The van der Waals surface area contributed by atoms with Crippen LogP contribution >= 0.6 is 0 Å². The largest absolute Gasteiger partial charge is 0.463 e. The monoisotopic (exact) mass is 542 g/mol. The summed E-state index contributed by atoms with van der Waals surface area (Å²) in [7, 11) is -2.99. The second-order valence-electron chi connectivity index (χ2n) is 10.8. The first-order chi connectivity index (χ1) is 17.8. The van der Waals surface area contributed by atoms with E-state index >= 15 is 0 Å². The predicted molar refractivity (Wildman–Crippen MR) is 144 cm³/mol. The van der Waals surface area contributed by atoms with E-state index in [9.17, 15) is 14.4 Å². The summed E-state index contributed by atoms with van der Waals surface area (Å²) >= 11 is 0. The van der Waals surface area contributed by atoms with Gasteiger partial charge in [0.05, 0.1) is 6.61 Å². The summed E-state index contributed by atoms with van der Waals surface area (Å²) in [6.45, 7) is 12.0. The smallest absolute Gasteiger partial charge is 0.305 e. The van der Waals surface area contributed by atoms with Gasteiger partial charge in [-0.15, -0.1) is 0 Å². The lowest BCUT2D eigenvalue weighted by Gasteiger charge is -2.45. The molecular weight excluding hydrogens is 504 g/mol. The number of hydrogen-bond donors (Lipinski definition) is 0. The Kier molecular flexibility index (Phi) is 9.17. The predicted octanol–water partition coefficient (Wildman–Crippen LogP) is 3.35. The van der Waals surface area contributed by atoms with Gasteiger partial charge in [0.15, 0.2) is 6.10 Å². The SMILES string of the molecule is CC(=O)OC[C@]1(CO[Si](c2ccccc2)(c2ccccc2)C(C)(C)C)OC(OC(C)=O)[C@H](OC(C)=O)[C@@H]1C. The standard InChI is InChI=1S/C29H38O8Si/c1-20-26(35-22(3)31)27(36-23(4)32)37-29(20,18-33-21(2)30)19-34-38(28(5,6)7,24-14-10-8-11-15-24)25-16-12-9-13-17-25/h8-17,20,26-27H,18-19H2,1-7H3/t20-,26+,27?,29+/m0/s1. The van der Waals surface area contributed by atoms with Crippen LogP contribution in [0.15, 0.2) is 60.7 Å². The molecule has 1 saturated heterocycles. The average molecular weight is 543 g/mol. The lowest BCUT2D eigenvalue weighted by Crippen LogP contribution is -2.68. The fraction of sp³-hybridized carbons (Fsp3) is 0.483. The van der Waals surface area contributed by atoms with Crippen LogP contribution in [0.3, 0.4) is 0 Å². The van der Waals surface area contributed by atoms with Gasteiger partial charge in [0, 0.05) is 26.7 Å². The van der Waals surface area contributed by atoms with E-state index in [4.69, 9.17) is 23.4 Å². The molecule has 38 heavy (non-hydrogen) atoms. The molecule has 0 radical (unpaired) electrons. The first-order valence-corrected chi connectivity index (χ1v) is 14.6. The number of benzene rings is 2. The molecular formula is C29H38O8Si. The molecule has 1 heterocycles. The van der Waals surface area contributed by atoms with Crippen molar-refractivity contribution in [3.05, 3.63) is 60.7 Å². The zero-order chi connectivity index (χ0) is 28.1. The maximum atomic E-state index is 11.9. The first-order valence-electron chi connectivity index (χ1n) is 12.7. The third-order valence-corrected chi connectivity index (χ3v) is 12.0. The van der Waals surface area contributed by atoms with Crippen molar-refractivity contribution in [1.82, 2.24) is 0 Å². The Morgan fingerprint density at radius 3 is 1.74 bits per heavy atom. The molecule has 4 atom stereocenters. The molecule has 0 saturated carbocycles. The van der Waals surface area contributed by atoms with Crippen molar-refractivity contribution in [2.75, 3.05) is 13.2 Å². The molecule has 0 aromatic heterocycles. The molecule has 2 aromatic rings. The van der Waals surface area contributed by atoms with Gasteiger partial charge in [-0.25, -0.2) is 0 Å². The molecule has 0 spiro atoms. The summed E-state index contributed by atoms with van der Waals surface area (Å²) in [5.74, 6) is -2.16. The minimum atomic E-state index is -2.99. The third-order valence-electron chi connectivity index (χ3n) is 7.00. The van der Waals surface area contributed by atoms with Crippen molar-refractivity contribution < 1.29 is 37.8 Å². The van der Waals surface area contributed by atoms with E-state index in [2.05, 4.69) is 45.0 Å². The van der Waals surface area contributed by atoms with E-state index < -0.39 is 50.1 Å². The highest BCUT2D eigenvalue weighted by atomic mass is 28.4. The van der Waals surface area contributed by atoms with Crippen LogP contribution in [0.25, 0.3) is 0 Å². The van der Waals surface area contributed by atoms with E-state index in [1.807, 2.05) is 43.3 Å². The van der Waals surface area contributed by atoms with Crippen LogP contribution in [-0.4, -0.2) is 57.4 Å². The van der Waals surface area contributed by atoms with Crippen molar-refractivity contribution >= 4 is 36.6 Å². The summed E-state index contributed by atoms with van der Waals surface area (Å²) in [5, 5.41) is 1.82. The number of ether oxygens (including phenoxy) is 4. The Bertz CT molecular complexity index is 1070. The summed E-state index contributed by atoms with van der Waals surface area (Å²) < 4.78 is 29.8. The highest BCUT2D eigenvalue weighted by Gasteiger charge is 2.59. The number of carbonyl (C=O) groups is 3. The van der Waals surface area contributed by atoms with Crippen LogP contribution in [-0.2, 0) is 37.8 Å². The summed E-state index contributed by atoms with van der Waals surface area (Å²) in [4.78, 5) is 35.7. The van der Waals surface area contributed by atoms with E-state index in [1.165, 1.54) is 20.8 Å². The van der Waals surface area contributed by atoms with Gasteiger partial charge in [-0.05, 0) is 15.4 Å². The number of rotatable bonds is 9. The Labute approximate surface area is 225 Å². The summed E-state index contributed by atoms with van der Waals surface area (Å²) in [6, 6.07) is 20.2. The Hall–Kier alpha value is -3.01. The van der Waals surface area contributed by atoms with Crippen molar-refractivity contribution in [3.8, 4) is 0 Å². The minimum Gasteiger partial charge on any atom is -0.463 e. The van der Waals surface area contributed by atoms with Crippen molar-refractivity contribution in [3.63, 3.8) is 0 Å². The molecule has 0 aliphatic carbocycles. The molecule has 1 aliphatic heterocycles.